The van der Waals surface area contributed by atoms with Crippen molar-refractivity contribution in [3.63, 3.8) is 0 Å². The van der Waals surface area contributed by atoms with Crippen LogP contribution in [0.15, 0.2) is 59.8 Å². The van der Waals surface area contributed by atoms with Gasteiger partial charge < -0.3 is 25.0 Å². The fourth-order valence-electron chi connectivity index (χ4n) is 4.47. The van der Waals surface area contributed by atoms with Crippen LogP contribution < -0.4 is 20.3 Å². The lowest BCUT2D eigenvalue weighted by molar-refractivity contribution is -0.139. The van der Waals surface area contributed by atoms with Crippen molar-refractivity contribution in [1.29, 1.82) is 0 Å². The second-order valence-corrected chi connectivity index (χ2v) is 8.79. The third-order valence-electron chi connectivity index (χ3n) is 6.12. The van der Waals surface area contributed by atoms with Gasteiger partial charge in [-0.05, 0) is 44.2 Å². The van der Waals surface area contributed by atoms with Crippen LogP contribution in [0.2, 0.25) is 5.02 Å². The van der Waals surface area contributed by atoms with Gasteiger partial charge in [-0.15, -0.1) is 0 Å². The summed E-state index contributed by atoms with van der Waals surface area (Å²) in [5.41, 5.74) is 2.81. The Bertz CT molecular complexity index is 1080. The van der Waals surface area contributed by atoms with Gasteiger partial charge in [0, 0.05) is 54.7 Å². The van der Waals surface area contributed by atoms with E-state index in [1.54, 1.807) is 6.92 Å². The average Bonchev–Trinajstić information content (AvgIpc) is 2.85. The number of amides is 2. The van der Waals surface area contributed by atoms with E-state index in [1.807, 2.05) is 55.5 Å². The van der Waals surface area contributed by atoms with Gasteiger partial charge in [-0.25, -0.2) is 9.59 Å². The van der Waals surface area contributed by atoms with Gasteiger partial charge in [0.1, 0.15) is 5.75 Å². The maximum atomic E-state index is 13.1. The van der Waals surface area contributed by atoms with Crippen LogP contribution in [0.5, 0.6) is 5.75 Å². The highest BCUT2D eigenvalue weighted by Crippen LogP contribution is 2.34. The van der Waals surface area contributed by atoms with Crippen LogP contribution in [0.3, 0.4) is 0 Å². The van der Waals surface area contributed by atoms with Crippen molar-refractivity contribution in [1.82, 2.24) is 15.5 Å². The van der Waals surface area contributed by atoms with E-state index < -0.39 is 12.0 Å². The molecule has 0 saturated carbocycles. The van der Waals surface area contributed by atoms with Crippen LogP contribution in [0.4, 0.5) is 10.5 Å². The summed E-state index contributed by atoms with van der Waals surface area (Å²) >= 11 is 6.02. The van der Waals surface area contributed by atoms with Crippen LogP contribution in [0.1, 0.15) is 25.5 Å². The van der Waals surface area contributed by atoms with E-state index >= 15 is 0 Å². The molecule has 0 radical (unpaired) electrons. The largest absolute Gasteiger partial charge is 0.494 e. The summed E-state index contributed by atoms with van der Waals surface area (Å²) < 4.78 is 11.2. The van der Waals surface area contributed by atoms with Gasteiger partial charge >= 0.3 is 12.0 Å². The Morgan fingerprint density at radius 1 is 1.03 bits per heavy atom. The number of hydrogen-bond acceptors (Lipinski definition) is 6. The molecule has 2 aliphatic rings. The number of piperazine rings is 1. The van der Waals surface area contributed by atoms with Crippen LogP contribution in [0.25, 0.3) is 0 Å². The number of carbonyl (C=O) groups is 2. The van der Waals surface area contributed by atoms with Crippen molar-refractivity contribution >= 4 is 29.3 Å². The van der Waals surface area contributed by atoms with Gasteiger partial charge in [-0.3, -0.25) is 4.90 Å². The average molecular weight is 499 g/mol. The van der Waals surface area contributed by atoms with E-state index in [0.29, 0.717) is 35.2 Å². The van der Waals surface area contributed by atoms with Crippen molar-refractivity contribution in [2.75, 3.05) is 50.8 Å². The molecule has 0 spiro atoms. The molecule has 2 N–H and O–H groups in total. The smallest absolute Gasteiger partial charge is 0.338 e. The standard InChI is InChI=1S/C26H31ClN4O4/c1-3-34-22-8-6-5-7-20(22)24-23(25(32)35-4-2)21(28-26(33)29-24)17-30-13-15-31(16-14-30)19-11-9-18(27)10-12-19/h5-12,24H,3-4,13-17H2,1-2H3,(H2,28,29,33). The minimum Gasteiger partial charge on any atom is -0.494 e. The van der Waals surface area contributed by atoms with E-state index in [4.69, 9.17) is 21.1 Å². The Morgan fingerprint density at radius 2 is 1.74 bits per heavy atom. The number of anilines is 1. The zero-order valence-electron chi connectivity index (χ0n) is 20.1. The number of hydrogen-bond donors (Lipinski definition) is 2. The van der Waals surface area contributed by atoms with E-state index in [9.17, 15) is 9.59 Å². The van der Waals surface area contributed by atoms with Gasteiger partial charge in [-0.2, -0.15) is 0 Å². The molecule has 1 atom stereocenters. The molecule has 186 valence electrons. The lowest BCUT2D eigenvalue weighted by Gasteiger charge is -2.38. The fourth-order valence-corrected chi connectivity index (χ4v) is 4.60. The molecular weight excluding hydrogens is 468 g/mol. The first-order valence-corrected chi connectivity index (χ1v) is 12.3. The Kier molecular flexibility index (Phi) is 8.15. The van der Waals surface area contributed by atoms with Crippen LogP contribution in [-0.2, 0) is 9.53 Å². The van der Waals surface area contributed by atoms with Crippen molar-refractivity contribution < 1.29 is 19.1 Å². The Morgan fingerprint density at radius 3 is 2.43 bits per heavy atom. The predicted octanol–water partition coefficient (Wildman–Crippen LogP) is 3.73. The number of nitrogens with one attached hydrogen (secondary N) is 2. The molecule has 0 aliphatic carbocycles. The minimum atomic E-state index is -0.670. The van der Waals surface area contributed by atoms with Gasteiger partial charge in [0.25, 0.3) is 0 Å². The fraction of sp³-hybridized carbons (Fsp3) is 0.385. The highest BCUT2D eigenvalue weighted by atomic mass is 35.5. The number of nitrogens with zero attached hydrogens (tertiary/aromatic N) is 2. The van der Waals surface area contributed by atoms with Gasteiger partial charge in [0.05, 0.1) is 24.8 Å². The van der Waals surface area contributed by atoms with Gasteiger partial charge in [0.2, 0.25) is 0 Å². The third-order valence-corrected chi connectivity index (χ3v) is 6.38. The molecule has 35 heavy (non-hydrogen) atoms. The highest BCUT2D eigenvalue weighted by Gasteiger charge is 2.36. The predicted molar refractivity (Wildman–Crippen MR) is 136 cm³/mol. The molecule has 0 aromatic heterocycles. The summed E-state index contributed by atoms with van der Waals surface area (Å²) in [4.78, 5) is 30.3. The number of esters is 1. The number of urea groups is 1. The summed E-state index contributed by atoms with van der Waals surface area (Å²) in [6, 6.07) is 14.2. The molecule has 0 bridgehead atoms. The quantitative estimate of drug-likeness (QED) is 0.540. The number of halogens is 1. The van der Waals surface area contributed by atoms with Crippen molar-refractivity contribution in [2.45, 2.75) is 19.9 Å². The monoisotopic (exact) mass is 498 g/mol. The maximum absolute atomic E-state index is 13.1. The number of rotatable bonds is 8. The first-order chi connectivity index (χ1) is 17.0. The summed E-state index contributed by atoms with van der Waals surface area (Å²) in [5.74, 6) is 0.172. The number of benzene rings is 2. The number of para-hydroxylation sites is 1. The van der Waals surface area contributed by atoms with E-state index in [1.165, 1.54) is 0 Å². The highest BCUT2D eigenvalue weighted by molar-refractivity contribution is 6.30. The van der Waals surface area contributed by atoms with Crippen molar-refractivity contribution in [3.05, 3.63) is 70.4 Å². The molecular formula is C26H31ClN4O4. The zero-order valence-corrected chi connectivity index (χ0v) is 20.8. The first kappa shape index (κ1) is 24.9. The molecule has 1 unspecified atom stereocenters. The van der Waals surface area contributed by atoms with Crippen LogP contribution in [0, 0.1) is 0 Å². The molecule has 4 rings (SSSR count). The van der Waals surface area contributed by atoms with Crippen molar-refractivity contribution in [2.24, 2.45) is 0 Å². The molecule has 2 aliphatic heterocycles. The van der Waals surface area contributed by atoms with Gasteiger partial charge in [0.15, 0.2) is 0 Å². The summed E-state index contributed by atoms with van der Waals surface area (Å²) in [6.07, 6.45) is 0. The first-order valence-electron chi connectivity index (χ1n) is 11.9. The lowest BCUT2D eigenvalue weighted by Crippen LogP contribution is -2.51. The molecule has 1 saturated heterocycles. The van der Waals surface area contributed by atoms with E-state index in [0.717, 1.165) is 37.4 Å². The van der Waals surface area contributed by atoms with Gasteiger partial charge in [-0.1, -0.05) is 29.8 Å². The van der Waals surface area contributed by atoms with Crippen LogP contribution >= 0.6 is 11.6 Å². The minimum absolute atomic E-state index is 0.239. The second-order valence-electron chi connectivity index (χ2n) is 8.35. The van der Waals surface area contributed by atoms with Crippen molar-refractivity contribution in [3.8, 4) is 5.75 Å². The zero-order chi connectivity index (χ0) is 24.8. The summed E-state index contributed by atoms with van der Waals surface area (Å²) in [5, 5.41) is 6.48. The molecule has 2 aromatic rings. The normalized spacial score (nSPS) is 18.7. The maximum Gasteiger partial charge on any atom is 0.338 e. The number of ether oxygens (including phenoxy) is 2. The Hall–Kier alpha value is -3.23. The Labute approximate surface area is 210 Å². The molecule has 2 aromatic carbocycles. The lowest BCUT2D eigenvalue weighted by atomic mass is 9.94. The molecule has 2 amide bonds. The van der Waals surface area contributed by atoms with Crippen LogP contribution in [-0.4, -0.2) is 62.8 Å². The molecule has 9 heteroatoms. The molecule has 2 heterocycles. The third kappa shape index (κ3) is 5.89. The summed E-state index contributed by atoms with van der Waals surface area (Å²) in [6.45, 7) is 8.03. The topological polar surface area (TPSA) is 83.1 Å². The van der Waals surface area contributed by atoms with E-state index in [-0.39, 0.29) is 12.6 Å². The Balaban J connectivity index is 1.58. The number of carbonyl (C=O) groups excluding carboxylic acids is 2. The molecule has 1 fully saturated rings. The second kappa shape index (κ2) is 11.5. The van der Waals surface area contributed by atoms with E-state index in [2.05, 4.69) is 20.4 Å². The molecule has 8 nitrogen and oxygen atoms in total. The SMILES string of the molecule is CCOC(=O)C1=C(CN2CCN(c3ccc(Cl)cc3)CC2)NC(=O)NC1c1ccccc1OCC. The summed E-state index contributed by atoms with van der Waals surface area (Å²) in [7, 11) is 0.